The van der Waals surface area contributed by atoms with E-state index < -0.39 is 39.8 Å². The zero-order chi connectivity index (χ0) is 26.0. The second kappa shape index (κ2) is 9.94. The number of hydrogen-bond acceptors (Lipinski definition) is 7. The Bertz CT molecular complexity index is 1430. The molecule has 186 valence electrons. The molecule has 0 bridgehead atoms. The molecule has 2 atom stereocenters. The summed E-state index contributed by atoms with van der Waals surface area (Å²) in [6.07, 6.45) is 0. The van der Waals surface area contributed by atoms with Gasteiger partial charge < -0.3 is 9.47 Å². The fraction of sp³-hybridized carbons (Fsp3) is 0.222. The number of nitrogens with zero attached hydrogens (tertiary/aromatic N) is 1. The molecule has 0 N–H and O–H groups in total. The largest absolute Gasteiger partial charge is 0.465 e. The van der Waals surface area contributed by atoms with Crippen molar-refractivity contribution in [3.63, 3.8) is 0 Å². The third kappa shape index (κ3) is 4.61. The summed E-state index contributed by atoms with van der Waals surface area (Å²) >= 11 is 0. The summed E-state index contributed by atoms with van der Waals surface area (Å²) in [6.45, 7) is 4.77. The molecule has 1 amide bonds. The maximum absolute atomic E-state index is 14.0. The van der Waals surface area contributed by atoms with Crippen LogP contribution >= 0.6 is 0 Å². The first-order valence-corrected chi connectivity index (χ1v) is 12.8. The number of hydrogen-bond donors (Lipinski definition) is 0. The number of carbonyl (C=O) groups is 3. The molecule has 0 fully saturated rings. The third-order valence-electron chi connectivity index (χ3n) is 5.87. The number of rotatable bonds is 6. The first-order chi connectivity index (χ1) is 17.1. The Labute approximate surface area is 209 Å². The van der Waals surface area contributed by atoms with Crippen molar-refractivity contribution in [1.82, 2.24) is 4.31 Å². The lowest BCUT2D eigenvalue weighted by Crippen LogP contribution is -2.48. The molecule has 3 aromatic rings. The number of aryl methyl sites for hydroxylation is 1. The molecule has 3 aromatic carbocycles. The molecule has 1 aliphatic heterocycles. The zero-order valence-corrected chi connectivity index (χ0v) is 20.8. The van der Waals surface area contributed by atoms with E-state index in [0.717, 1.165) is 9.87 Å². The highest BCUT2D eigenvalue weighted by molar-refractivity contribution is 7.89. The lowest BCUT2D eigenvalue weighted by atomic mass is 9.81. The van der Waals surface area contributed by atoms with Gasteiger partial charge in [0.05, 0.1) is 17.5 Å². The molecule has 1 heterocycles. The number of fused-ring (bicyclic) bond motifs is 1. The van der Waals surface area contributed by atoms with Crippen molar-refractivity contribution in [3.05, 3.63) is 95.1 Å². The van der Waals surface area contributed by atoms with Crippen LogP contribution in [0.25, 0.3) is 0 Å². The van der Waals surface area contributed by atoms with Gasteiger partial charge in [-0.05, 0) is 55.3 Å². The molecule has 4 rings (SSSR count). The summed E-state index contributed by atoms with van der Waals surface area (Å²) in [5.41, 5.74) is 1.60. The average molecular weight is 508 g/mol. The van der Waals surface area contributed by atoms with Gasteiger partial charge in [-0.25, -0.2) is 12.7 Å². The smallest absolute Gasteiger partial charge is 0.315 e. The number of sulfonamides is 1. The Balaban J connectivity index is 2.00. The predicted molar refractivity (Wildman–Crippen MR) is 131 cm³/mol. The van der Waals surface area contributed by atoms with Crippen molar-refractivity contribution >= 4 is 27.9 Å². The van der Waals surface area contributed by atoms with Gasteiger partial charge in [0.1, 0.15) is 11.7 Å². The van der Waals surface area contributed by atoms with E-state index in [1.165, 1.54) is 37.3 Å². The molecule has 9 heteroatoms. The first kappa shape index (κ1) is 25.1. The zero-order valence-electron chi connectivity index (χ0n) is 20.0. The van der Waals surface area contributed by atoms with Crippen molar-refractivity contribution in [3.8, 4) is 5.75 Å². The van der Waals surface area contributed by atoms with Crippen molar-refractivity contribution in [2.24, 2.45) is 0 Å². The summed E-state index contributed by atoms with van der Waals surface area (Å²) in [4.78, 5) is 38.6. The van der Waals surface area contributed by atoms with Crippen LogP contribution in [0.3, 0.4) is 0 Å². The van der Waals surface area contributed by atoms with Crippen LogP contribution in [-0.2, 0) is 24.3 Å². The van der Waals surface area contributed by atoms with E-state index in [1.54, 1.807) is 49.4 Å². The fourth-order valence-electron chi connectivity index (χ4n) is 4.34. The van der Waals surface area contributed by atoms with Gasteiger partial charge >= 0.3 is 11.9 Å². The molecule has 0 radical (unpaired) electrons. The van der Waals surface area contributed by atoms with E-state index in [0.29, 0.717) is 11.1 Å². The van der Waals surface area contributed by atoms with Gasteiger partial charge in [0, 0.05) is 12.5 Å². The van der Waals surface area contributed by atoms with Gasteiger partial charge in [-0.1, -0.05) is 48.0 Å². The minimum absolute atomic E-state index is 0.0658. The molecule has 0 saturated carbocycles. The van der Waals surface area contributed by atoms with Crippen LogP contribution < -0.4 is 4.74 Å². The molecule has 1 aliphatic rings. The molecule has 0 spiro atoms. The highest BCUT2D eigenvalue weighted by Crippen LogP contribution is 2.46. The highest BCUT2D eigenvalue weighted by Gasteiger charge is 2.50. The van der Waals surface area contributed by atoms with Crippen molar-refractivity contribution in [1.29, 1.82) is 0 Å². The first-order valence-electron chi connectivity index (χ1n) is 11.3. The van der Waals surface area contributed by atoms with Crippen LogP contribution in [0.4, 0.5) is 0 Å². The Morgan fingerprint density at radius 2 is 1.67 bits per heavy atom. The normalized spacial score (nSPS) is 17.3. The van der Waals surface area contributed by atoms with Crippen LogP contribution in [0.5, 0.6) is 5.75 Å². The van der Waals surface area contributed by atoms with Crippen LogP contribution in [-0.4, -0.2) is 37.2 Å². The molecular formula is C27H25NO7S. The molecular weight excluding hydrogens is 482 g/mol. The lowest BCUT2D eigenvalue weighted by molar-refractivity contribution is -0.146. The van der Waals surface area contributed by atoms with Crippen LogP contribution in [0.15, 0.2) is 77.7 Å². The van der Waals surface area contributed by atoms with E-state index in [2.05, 4.69) is 0 Å². The summed E-state index contributed by atoms with van der Waals surface area (Å²) < 4.78 is 39.2. The van der Waals surface area contributed by atoms with E-state index >= 15 is 0 Å². The van der Waals surface area contributed by atoms with Crippen LogP contribution in [0, 0.1) is 6.92 Å². The number of ether oxygens (including phenoxy) is 2. The predicted octanol–water partition coefficient (Wildman–Crippen LogP) is 4.15. The molecule has 0 aliphatic carbocycles. The minimum atomic E-state index is -4.42. The quantitative estimate of drug-likeness (QED) is 0.364. The summed E-state index contributed by atoms with van der Waals surface area (Å²) in [5, 5.41) is 0. The molecule has 0 saturated heterocycles. The topological polar surface area (TPSA) is 107 Å². The number of benzene rings is 3. The monoisotopic (exact) mass is 507 g/mol. The molecule has 2 unspecified atom stereocenters. The Hall–Kier alpha value is -3.98. The second-order valence-electron chi connectivity index (χ2n) is 8.35. The minimum Gasteiger partial charge on any atom is -0.465 e. The van der Waals surface area contributed by atoms with Gasteiger partial charge in [-0.2, -0.15) is 0 Å². The van der Waals surface area contributed by atoms with Gasteiger partial charge in [0.2, 0.25) is 0 Å². The number of esters is 2. The van der Waals surface area contributed by atoms with Gasteiger partial charge in [-0.15, -0.1) is 0 Å². The fourth-order valence-corrected chi connectivity index (χ4v) is 5.91. The Morgan fingerprint density at radius 1 is 0.972 bits per heavy atom. The van der Waals surface area contributed by atoms with Gasteiger partial charge in [-0.3, -0.25) is 14.4 Å². The molecule has 36 heavy (non-hydrogen) atoms. The molecule has 8 nitrogen and oxygen atoms in total. The maximum atomic E-state index is 14.0. The second-order valence-corrected chi connectivity index (χ2v) is 10.2. The standard InChI is InChI=1S/C27H25NO7S/c1-4-34-27(31)24-22-10-5-6-11-23(22)26(30)28(36(32,33)21-14-12-17(2)13-15-21)25(24)19-8-7-9-20(16-19)35-18(3)29/h5-16,24-25H,4H2,1-3H3. The molecule has 0 aromatic heterocycles. The Morgan fingerprint density at radius 3 is 2.33 bits per heavy atom. The Kier molecular flexibility index (Phi) is 6.94. The van der Waals surface area contributed by atoms with Crippen LogP contribution in [0.1, 0.15) is 52.9 Å². The van der Waals surface area contributed by atoms with Crippen molar-refractivity contribution < 1.29 is 32.3 Å². The maximum Gasteiger partial charge on any atom is 0.315 e. The third-order valence-corrected chi connectivity index (χ3v) is 7.65. The summed E-state index contributed by atoms with van der Waals surface area (Å²) in [5.74, 6) is -3.00. The summed E-state index contributed by atoms with van der Waals surface area (Å²) in [7, 11) is -4.42. The van der Waals surface area contributed by atoms with E-state index in [9.17, 15) is 22.8 Å². The van der Waals surface area contributed by atoms with E-state index in [-0.39, 0.29) is 22.8 Å². The van der Waals surface area contributed by atoms with Gasteiger partial charge in [0.15, 0.2) is 0 Å². The van der Waals surface area contributed by atoms with Crippen LogP contribution in [0.2, 0.25) is 0 Å². The SMILES string of the molecule is CCOC(=O)C1c2ccccc2C(=O)N(S(=O)(=O)c2ccc(C)cc2)C1c1cccc(OC(C)=O)c1. The average Bonchev–Trinajstić information content (AvgIpc) is 2.84. The van der Waals surface area contributed by atoms with Crippen molar-refractivity contribution in [2.45, 2.75) is 37.6 Å². The number of carbonyl (C=O) groups excluding carboxylic acids is 3. The summed E-state index contributed by atoms with van der Waals surface area (Å²) in [6, 6.07) is 17.4. The van der Waals surface area contributed by atoms with E-state index in [4.69, 9.17) is 9.47 Å². The van der Waals surface area contributed by atoms with Crippen molar-refractivity contribution in [2.75, 3.05) is 6.61 Å². The van der Waals surface area contributed by atoms with Gasteiger partial charge in [0.25, 0.3) is 15.9 Å². The highest BCUT2D eigenvalue weighted by atomic mass is 32.2. The van der Waals surface area contributed by atoms with E-state index in [1.807, 2.05) is 6.92 Å². The number of amides is 1. The lowest BCUT2D eigenvalue weighted by Gasteiger charge is -2.40.